The number of aromatic nitrogens is 2. The van der Waals surface area contributed by atoms with Crippen LogP contribution in [0.4, 0.5) is 0 Å². The molecule has 124 valence electrons. The Morgan fingerprint density at radius 3 is 2.74 bits per heavy atom. The van der Waals surface area contributed by atoms with Crippen molar-refractivity contribution in [3.63, 3.8) is 0 Å². The van der Waals surface area contributed by atoms with Gasteiger partial charge in [0.25, 0.3) is 0 Å². The second-order valence-electron chi connectivity index (χ2n) is 5.53. The van der Waals surface area contributed by atoms with Gasteiger partial charge in [0.2, 0.25) is 5.91 Å². The fraction of sp³-hybridized carbons (Fsp3) is 0.412. The quantitative estimate of drug-likeness (QED) is 0.760. The smallest absolute Gasteiger partial charge is 0.237 e. The molecular formula is C17H24N4O2. The molecule has 0 aliphatic carbocycles. The molecule has 2 aromatic rings. The summed E-state index contributed by atoms with van der Waals surface area (Å²) in [4.78, 5) is 18.6. The molecule has 0 bridgehead atoms. The van der Waals surface area contributed by atoms with Crippen LogP contribution in [0, 0.1) is 0 Å². The number of nitrogens with one attached hydrogen (secondary N) is 1. The van der Waals surface area contributed by atoms with Crippen LogP contribution in [-0.2, 0) is 24.9 Å². The Kier molecular flexibility index (Phi) is 6.31. The summed E-state index contributed by atoms with van der Waals surface area (Å²) in [5, 5.41) is 12.2. The second-order valence-corrected chi connectivity index (χ2v) is 5.53. The number of imidazole rings is 1. The molecule has 6 nitrogen and oxygen atoms in total. The molecule has 6 heteroatoms. The summed E-state index contributed by atoms with van der Waals surface area (Å²) < 4.78 is 1.92. The Hall–Kier alpha value is -2.18. The van der Waals surface area contributed by atoms with E-state index in [-0.39, 0.29) is 18.6 Å². The minimum atomic E-state index is -0.345. The molecule has 23 heavy (non-hydrogen) atoms. The van der Waals surface area contributed by atoms with Gasteiger partial charge in [-0.1, -0.05) is 30.3 Å². The fourth-order valence-corrected chi connectivity index (χ4v) is 2.37. The molecule has 0 radical (unpaired) electrons. The third-order valence-electron chi connectivity index (χ3n) is 3.89. The molecule has 0 spiro atoms. The highest BCUT2D eigenvalue weighted by Crippen LogP contribution is 2.07. The van der Waals surface area contributed by atoms with E-state index < -0.39 is 0 Å². The van der Waals surface area contributed by atoms with Gasteiger partial charge in [-0.3, -0.25) is 9.69 Å². The number of amides is 1. The van der Waals surface area contributed by atoms with E-state index in [2.05, 4.69) is 10.3 Å². The number of aliphatic hydroxyl groups excluding tert-OH is 1. The van der Waals surface area contributed by atoms with Gasteiger partial charge in [-0.25, -0.2) is 4.98 Å². The van der Waals surface area contributed by atoms with Gasteiger partial charge < -0.3 is 15.0 Å². The van der Waals surface area contributed by atoms with Crippen LogP contribution in [-0.4, -0.2) is 44.7 Å². The number of hydrogen-bond donors (Lipinski definition) is 2. The summed E-state index contributed by atoms with van der Waals surface area (Å²) in [7, 11) is 1.92. The number of aliphatic hydroxyl groups is 1. The monoisotopic (exact) mass is 316 g/mol. The van der Waals surface area contributed by atoms with Crippen LogP contribution < -0.4 is 5.32 Å². The van der Waals surface area contributed by atoms with Gasteiger partial charge in [-0.05, 0) is 12.5 Å². The van der Waals surface area contributed by atoms with Gasteiger partial charge in [-0.15, -0.1) is 0 Å². The van der Waals surface area contributed by atoms with Crippen LogP contribution in [0.5, 0.6) is 0 Å². The number of rotatable bonds is 8. The Bertz CT molecular complexity index is 612. The Morgan fingerprint density at radius 1 is 1.39 bits per heavy atom. The van der Waals surface area contributed by atoms with Crippen LogP contribution in [0.2, 0.25) is 0 Å². The zero-order chi connectivity index (χ0) is 16.7. The van der Waals surface area contributed by atoms with E-state index in [1.54, 1.807) is 6.20 Å². The number of carbonyl (C=O) groups is 1. The highest BCUT2D eigenvalue weighted by Gasteiger charge is 2.22. The van der Waals surface area contributed by atoms with Crippen LogP contribution >= 0.6 is 0 Å². The van der Waals surface area contributed by atoms with Gasteiger partial charge in [0, 0.05) is 32.5 Å². The van der Waals surface area contributed by atoms with Crippen molar-refractivity contribution in [2.24, 2.45) is 7.05 Å². The molecule has 1 aromatic carbocycles. The maximum Gasteiger partial charge on any atom is 0.237 e. The summed E-state index contributed by atoms with van der Waals surface area (Å²) in [5.74, 6) is 0.803. The van der Waals surface area contributed by atoms with Crippen LogP contribution in [0.15, 0.2) is 42.7 Å². The molecule has 0 unspecified atom stereocenters. The summed E-state index contributed by atoms with van der Waals surface area (Å²) >= 11 is 0. The highest BCUT2D eigenvalue weighted by molar-refractivity contribution is 5.81. The lowest BCUT2D eigenvalue weighted by molar-refractivity contribution is -0.126. The summed E-state index contributed by atoms with van der Waals surface area (Å²) in [5.41, 5.74) is 1.06. The Morgan fingerprint density at radius 2 is 2.13 bits per heavy atom. The van der Waals surface area contributed by atoms with E-state index in [4.69, 9.17) is 0 Å². The molecule has 2 N–H and O–H groups in total. The van der Waals surface area contributed by atoms with Gasteiger partial charge in [0.15, 0.2) is 0 Å². The number of carbonyl (C=O) groups excluding carboxylic acids is 1. The lowest BCUT2D eigenvalue weighted by Gasteiger charge is -2.27. The third-order valence-corrected chi connectivity index (χ3v) is 3.89. The molecule has 1 atom stereocenters. The molecular weight excluding hydrogens is 292 g/mol. The Balaban J connectivity index is 1.94. The van der Waals surface area contributed by atoms with Crippen molar-refractivity contribution in [1.82, 2.24) is 19.8 Å². The van der Waals surface area contributed by atoms with Crippen molar-refractivity contribution in [1.29, 1.82) is 0 Å². The first-order valence-electron chi connectivity index (χ1n) is 7.74. The van der Waals surface area contributed by atoms with Crippen molar-refractivity contribution in [2.75, 3.05) is 13.2 Å². The predicted octanol–water partition coefficient (Wildman–Crippen LogP) is 0.919. The minimum absolute atomic E-state index is 0.000722. The van der Waals surface area contributed by atoms with Gasteiger partial charge in [0.1, 0.15) is 5.82 Å². The largest absolute Gasteiger partial charge is 0.395 e. The van der Waals surface area contributed by atoms with E-state index in [1.807, 2.05) is 60.0 Å². The first-order chi connectivity index (χ1) is 11.1. The molecule has 0 aliphatic rings. The molecule has 0 fully saturated rings. The number of hydrogen-bond acceptors (Lipinski definition) is 4. The van der Waals surface area contributed by atoms with Crippen molar-refractivity contribution in [2.45, 2.75) is 26.1 Å². The van der Waals surface area contributed by atoms with E-state index >= 15 is 0 Å². The number of nitrogens with zero attached hydrogens (tertiary/aromatic N) is 3. The Labute approximate surface area is 136 Å². The van der Waals surface area contributed by atoms with Gasteiger partial charge in [-0.2, -0.15) is 0 Å². The molecule has 1 heterocycles. The molecule has 1 amide bonds. The normalized spacial score (nSPS) is 12.3. The van der Waals surface area contributed by atoms with E-state index in [0.717, 1.165) is 11.4 Å². The molecule has 1 aromatic heterocycles. The maximum absolute atomic E-state index is 12.4. The summed E-state index contributed by atoms with van der Waals surface area (Å²) in [6.07, 6.45) is 3.60. The van der Waals surface area contributed by atoms with Crippen molar-refractivity contribution >= 4 is 5.91 Å². The number of benzene rings is 1. The molecule has 0 saturated heterocycles. The van der Waals surface area contributed by atoms with Crippen LogP contribution in [0.25, 0.3) is 0 Å². The SMILES string of the molecule is C[C@H](C(=O)NCc1ccccc1)N(CCO)Cc1nccn1C. The van der Waals surface area contributed by atoms with Crippen molar-refractivity contribution in [3.05, 3.63) is 54.1 Å². The lowest BCUT2D eigenvalue weighted by atomic mass is 10.2. The van der Waals surface area contributed by atoms with Gasteiger partial charge >= 0.3 is 0 Å². The average Bonchev–Trinajstić information content (AvgIpc) is 2.97. The average molecular weight is 316 g/mol. The topological polar surface area (TPSA) is 70.4 Å². The van der Waals surface area contributed by atoms with Crippen molar-refractivity contribution < 1.29 is 9.90 Å². The van der Waals surface area contributed by atoms with Gasteiger partial charge in [0.05, 0.1) is 19.2 Å². The third kappa shape index (κ3) is 4.91. The fourth-order valence-electron chi connectivity index (χ4n) is 2.37. The highest BCUT2D eigenvalue weighted by atomic mass is 16.3. The lowest BCUT2D eigenvalue weighted by Crippen LogP contribution is -2.46. The summed E-state index contributed by atoms with van der Waals surface area (Å²) in [6.45, 7) is 3.29. The second kappa shape index (κ2) is 8.45. The minimum Gasteiger partial charge on any atom is -0.395 e. The zero-order valence-electron chi connectivity index (χ0n) is 13.6. The van der Waals surface area contributed by atoms with Crippen LogP contribution in [0.1, 0.15) is 18.3 Å². The van der Waals surface area contributed by atoms with Crippen molar-refractivity contribution in [3.8, 4) is 0 Å². The van der Waals surface area contributed by atoms with E-state index in [0.29, 0.717) is 19.6 Å². The maximum atomic E-state index is 12.4. The first kappa shape index (κ1) is 17.2. The predicted molar refractivity (Wildman–Crippen MR) is 88.5 cm³/mol. The standard InChI is InChI=1S/C17H24N4O2/c1-14(17(23)19-12-15-6-4-3-5-7-15)21(10-11-22)13-16-18-8-9-20(16)2/h3-9,14,22H,10-13H2,1-2H3,(H,19,23)/t14-/m1/s1. The van der Waals surface area contributed by atoms with Crippen LogP contribution in [0.3, 0.4) is 0 Å². The number of aryl methyl sites for hydroxylation is 1. The summed E-state index contributed by atoms with van der Waals surface area (Å²) in [6, 6.07) is 9.45. The van der Waals surface area contributed by atoms with E-state index in [1.165, 1.54) is 0 Å². The first-order valence-corrected chi connectivity index (χ1v) is 7.74. The zero-order valence-corrected chi connectivity index (χ0v) is 13.6. The molecule has 0 saturated carbocycles. The van der Waals surface area contributed by atoms with E-state index in [9.17, 15) is 9.90 Å². The molecule has 0 aliphatic heterocycles. The molecule has 2 rings (SSSR count).